The van der Waals surface area contributed by atoms with E-state index >= 15 is 0 Å². The molecule has 7 aromatic carbocycles. The van der Waals surface area contributed by atoms with Crippen molar-refractivity contribution in [2.24, 2.45) is 0 Å². The van der Waals surface area contributed by atoms with Gasteiger partial charge in [0.2, 0.25) is 0 Å². The van der Waals surface area contributed by atoms with E-state index in [1.807, 2.05) is 0 Å². The molecule has 0 saturated heterocycles. The van der Waals surface area contributed by atoms with Gasteiger partial charge in [-0.25, -0.2) is 0 Å². The van der Waals surface area contributed by atoms with E-state index in [1.54, 1.807) is 0 Å². The summed E-state index contributed by atoms with van der Waals surface area (Å²) in [5, 5.41) is 11.4. The van der Waals surface area contributed by atoms with Crippen molar-refractivity contribution >= 4 is 71.2 Å². The van der Waals surface area contributed by atoms with Crippen LogP contribution in [0.4, 0.5) is 0 Å². The summed E-state index contributed by atoms with van der Waals surface area (Å²) in [5.41, 5.74) is 8.40. The van der Waals surface area contributed by atoms with Gasteiger partial charge < -0.3 is 9.13 Å². The number of rotatable bonds is 2. The van der Waals surface area contributed by atoms with Crippen molar-refractivity contribution in [3.63, 3.8) is 0 Å². The van der Waals surface area contributed by atoms with Gasteiger partial charge in [-0.3, -0.25) is 0 Å². The highest BCUT2D eigenvalue weighted by atomic mass is 15.0. The number of hydrogen-bond donors (Lipinski definition) is 0. The maximum Gasteiger partial charge on any atom is 0.0540 e. The fourth-order valence-corrected chi connectivity index (χ4v) is 8.40. The molecule has 50 heavy (non-hydrogen) atoms. The van der Waals surface area contributed by atoms with Crippen molar-refractivity contribution in [2.45, 2.75) is 12.8 Å². The molecule has 2 nitrogen and oxygen atoms in total. The highest BCUT2D eigenvalue weighted by molar-refractivity contribution is 6.25. The molecule has 0 aliphatic heterocycles. The lowest BCUT2D eigenvalue weighted by Gasteiger charge is -2.15. The van der Waals surface area contributed by atoms with Crippen LogP contribution in [0.5, 0.6) is 0 Å². The number of para-hydroxylation sites is 6. The van der Waals surface area contributed by atoms with Crippen LogP contribution in [0.2, 0.25) is 0 Å². The summed E-state index contributed by atoms with van der Waals surface area (Å²) in [6.45, 7) is 0. The maximum atomic E-state index is 2.50. The molecule has 0 saturated carbocycles. The highest BCUT2D eigenvalue weighted by Crippen LogP contribution is 2.38. The predicted octanol–water partition coefficient (Wildman–Crippen LogP) is 11.9. The third kappa shape index (κ3) is 4.35. The largest absolute Gasteiger partial charge is 0.309 e. The Balaban J connectivity index is 1.66. The van der Waals surface area contributed by atoms with E-state index in [2.05, 4.69) is 191 Å². The molecule has 0 radical (unpaired) electrons. The van der Waals surface area contributed by atoms with Crippen molar-refractivity contribution in [2.75, 3.05) is 0 Å². The minimum atomic E-state index is 0.953. The first-order chi connectivity index (χ1) is 24.9. The molecule has 236 valence electrons. The topological polar surface area (TPSA) is 9.86 Å². The number of nitrogens with zero attached hydrogens (tertiary/aromatic N) is 2. The van der Waals surface area contributed by atoms with Gasteiger partial charge in [0, 0.05) is 32.9 Å². The molecule has 2 heterocycles. The lowest BCUT2D eigenvalue weighted by Crippen LogP contribution is -2.11. The minimum Gasteiger partial charge on any atom is -0.309 e. The number of aryl methyl sites for hydroxylation is 1. The molecule has 0 unspecified atom stereocenters. The average Bonchev–Trinajstić information content (AvgIpc) is 3.26. The summed E-state index contributed by atoms with van der Waals surface area (Å²) in [6.07, 6.45) is 4.42. The predicted molar refractivity (Wildman–Crippen MR) is 213 cm³/mol. The summed E-state index contributed by atoms with van der Waals surface area (Å²) < 4.78 is 4.93. The standard InChI is InChI=1S/C48H34N2/c1-3-17-33(18-4-1)49-43-29-11-7-21-35(43)39-25-15-27-41-37-23-9-13-31-45(37)50(34-19-5-2-6-20-34)46-32-14-10-24-38(46)42-28-16-26-40(48(42)47(39)41)36-22-8-12-30-44(36)49/h1-15,17-27,29-32H,16,28H2. The molecule has 0 amide bonds. The van der Waals surface area contributed by atoms with Gasteiger partial charge in [-0.15, -0.1) is 0 Å². The van der Waals surface area contributed by atoms with E-state index in [-0.39, 0.29) is 0 Å². The van der Waals surface area contributed by atoms with Gasteiger partial charge in [0.25, 0.3) is 0 Å². The van der Waals surface area contributed by atoms with Gasteiger partial charge in [-0.1, -0.05) is 133 Å². The average molecular weight is 639 g/mol. The lowest BCUT2D eigenvalue weighted by atomic mass is 9.90. The van der Waals surface area contributed by atoms with E-state index in [4.69, 9.17) is 0 Å². The Kier molecular flexibility index (Phi) is 6.67. The number of aromatic nitrogens is 2. The van der Waals surface area contributed by atoms with Gasteiger partial charge in [0.15, 0.2) is 0 Å². The number of benzene rings is 7. The van der Waals surface area contributed by atoms with Crippen LogP contribution in [-0.4, -0.2) is 9.13 Å². The van der Waals surface area contributed by atoms with E-state index in [0.29, 0.717) is 0 Å². The first-order valence-electron chi connectivity index (χ1n) is 17.5. The Hall–Kier alpha value is -6.38. The Labute approximate surface area is 290 Å². The van der Waals surface area contributed by atoms with Crippen molar-refractivity contribution < 1.29 is 0 Å². The second-order valence-corrected chi connectivity index (χ2v) is 13.1. The molecule has 0 atom stereocenters. The molecule has 1 aliphatic rings. The third-order valence-corrected chi connectivity index (χ3v) is 10.4. The molecule has 0 bridgehead atoms. The van der Waals surface area contributed by atoms with Gasteiger partial charge in [0.1, 0.15) is 0 Å². The van der Waals surface area contributed by atoms with Crippen LogP contribution >= 0.6 is 0 Å². The Bertz CT molecular complexity index is 2930. The summed E-state index contributed by atoms with van der Waals surface area (Å²) in [5.74, 6) is 0. The Morgan fingerprint density at radius 1 is 0.320 bits per heavy atom. The first kappa shape index (κ1) is 28.6. The van der Waals surface area contributed by atoms with Gasteiger partial charge >= 0.3 is 0 Å². The number of hydrogen-bond acceptors (Lipinski definition) is 0. The Morgan fingerprint density at radius 2 is 0.720 bits per heavy atom. The molecule has 1 aliphatic carbocycles. The van der Waals surface area contributed by atoms with Crippen molar-refractivity contribution in [3.05, 3.63) is 187 Å². The summed E-state index contributed by atoms with van der Waals surface area (Å²) in [7, 11) is 0. The van der Waals surface area contributed by atoms with E-state index in [1.165, 1.54) is 75.9 Å². The second-order valence-electron chi connectivity index (χ2n) is 13.1. The van der Waals surface area contributed by atoms with Gasteiger partial charge in [0.05, 0.1) is 22.1 Å². The van der Waals surface area contributed by atoms with E-state index < -0.39 is 0 Å². The lowest BCUT2D eigenvalue weighted by molar-refractivity contribution is 1.05. The molecule has 2 heteroatoms. The zero-order valence-corrected chi connectivity index (χ0v) is 27.6. The second kappa shape index (κ2) is 11.6. The van der Waals surface area contributed by atoms with Crippen LogP contribution < -0.4 is 5.22 Å². The van der Waals surface area contributed by atoms with Crippen LogP contribution in [0.15, 0.2) is 176 Å². The Morgan fingerprint density at radius 3 is 1.26 bits per heavy atom. The molecule has 10 rings (SSSR count). The van der Waals surface area contributed by atoms with Crippen LogP contribution in [0.25, 0.3) is 82.6 Å². The molecule has 0 spiro atoms. The SMILES string of the molecule is C1=c2c3ccccc3n(-c3ccccc3)c3ccccc3c3cccc4c5ccccc5n(-c5ccccc5)c5ccccc5c(c2c43)CC1. The van der Waals surface area contributed by atoms with Crippen molar-refractivity contribution in [1.29, 1.82) is 0 Å². The zero-order valence-electron chi connectivity index (χ0n) is 27.6. The fraction of sp³-hybridized carbons (Fsp3) is 0.0417. The summed E-state index contributed by atoms with van der Waals surface area (Å²) in [4.78, 5) is 0. The highest BCUT2D eigenvalue weighted by Gasteiger charge is 2.18. The summed E-state index contributed by atoms with van der Waals surface area (Å²) >= 11 is 0. The maximum absolute atomic E-state index is 2.50. The van der Waals surface area contributed by atoms with Crippen molar-refractivity contribution in [3.8, 4) is 11.4 Å². The molecule has 0 fully saturated rings. The smallest absolute Gasteiger partial charge is 0.0540 e. The quantitative estimate of drug-likeness (QED) is 0.178. The van der Waals surface area contributed by atoms with Gasteiger partial charge in [-0.2, -0.15) is 0 Å². The molecular formula is C48H34N2. The number of fused-ring (bicyclic) bond motifs is 8. The van der Waals surface area contributed by atoms with Crippen LogP contribution in [-0.2, 0) is 6.42 Å². The minimum absolute atomic E-state index is 0.953. The molecule has 0 N–H and O–H groups in total. The molecule has 9 aromatic rings. The van der Waals surface area contributed by atoms with Crippen LogP contribution in [0.1, 0.15) is 12.0 Å². The molecule has 2 aromatic heterocycles. The van der Waals surface area contributed by atoms with Crippen LogP contribution in [0.3, 0.4) is 0 Å². The first-order valence-corrected chi connectivity index (χ1v) is 17.5. The van der Waals surface area contributed by atoms with Crippen molar-refractivity contribution in [1.82, 2.24) is 9.13 Å². The van der Waals surface area contributed by atoms with Crippen LogP contribution in [0, 0.1) is 0 Å². The zero-order chi connectivity index (χ0) is 33.0. The fourth-order valence-electron chi connectivity index (χ4n) is 8.40. The monoisotopic (exact) mass is 638 g/mol. The molecular weight excluding hydrogens is 605 g/mol. The third-order valence-electron chi connectivity index (χ3n) is 10.4. The van der Waals surface area contributed by atoms with E-state index in [9.17, 15) is 0 Å². The van der Waals surface area contributed by atoms with E-state index in [0.717, 1.165) is 24.2 Å². The summed E-state index contributed by atoms with van der Waals surface area (Å²) in [6, 6.07) is 64.6. The normalized spacial score (nSPS) is 12.4. The van der Waals surface area contributed by atoms with Gasteiger partial charge in [-0.05, 0) is 93.7 Å².